The van der Waals surface area contributed by atoms with Crippen molar-refractivity contribution >= 4 is 15.8 Å². The molecule has 0 radical (unpaired) electrons. The first-order valence-electron chi connectivity index (χ1n) is 4.76. The van der Waals surface area contributed by atoms with E-state index in [0.29, 0.717) is 5.82 Å². The molecule has 0 aromatic carbocycles. The molecule has 1 aromatic heterocycles. The first-order valence-corrected chi connectivity index (χ1v) is 6.48. The highest BCUT2D eigenvalue weighted by molar-refractivity contribution is 7.92. The summed E-state index contributed by atoms with van der Waals surface area (Å²) in [5.74, 6) is -0.807. The fourth-order valence-electron chi connectivity index (χ4n) is 1.20. The number of carboxylic acids is 1. The molecular formula is C9H14N2O4S. The van der Waals surface area contributed by atoms with Crippen molar-refractivity contribution in [2.24, 2.45) is 0 Å². The number of nitrogens with zero attached hydrogens (tertiary/aromatic N) is 2. The molecule has 1 N–H and O–H groups in total. The van der Waals surface area contributed by atoms with E-state index in [4.69, 9.17) is 5.11 Å². The Balaban J connectivity index is 2.69. The average Bonchev–Trinajstić information content (AvgIpc) is 2.60. The number of hydrogen-bond donors (Lipinski definition) is 1. The molecule has 1 rings (SSSR count). The third-order valence-corrected chi connectivity index (χ3v) is 4.46. The second kappa shape index (κ2) is 4.65. The number of hydrogen-bond acceptors (Lipinski definition) is 4. The lowest BCUT2D eigenvalue weighted by molar-refractivity contribution is -0.136. The Kier molecular flexibility index (Phi) is 3.69. The molecule has 7 heteroatoms. The van der Waals surface area contributed by atoms with Crippen molar-refractivity contribution in [3.8, 4) is 0 Å². The van der Waals surface area contributed by atoms with Crippen LogP contribution in [0.1, 0.15) is 12.7 Å². The molecule has 16 heavy (non-hydrogen) atoms. The van der Waals surface area contributed by atoms with Crippen molar-refractivity contribution in [2.75, 3.05) is 5.75 Å². The molecule has 0 aliphatic carbocycles. The van der Waals surface area contributed by atoms with E-state index in [0.717, 1.165) is 0 Å². The van der Waals surface area contributed by atoms with Gasteiger partial charge in [-0.1, -0.05) is 0 Å². The Morgan fingerprint density at radius 2 is 2.25 bits per heavy atom. The van der Waals surface area contributed by atoms with Crippen molar-refractivity contribution in [3.05, 3.63) is 18.2 Å². The van der Waals surface area contributed by atoms with Gasteiger partial charge in [0.05, 0.1) is 5.75 Å². The summed E-state index contributed by atoms with van der Waals surface area (Å²) in [6, 6.07) is 0. The number of carbonyl (C=O) groups is 1. The summed E-state index contributed by atoms with van der Waals surface area (Å²) in [5.41, 5.74) is 0. The molecule has 90 valence electrons. The highest BCUT2D eigenvalue weighted by Crippen LogP contribution is 2.04. The Labute approximate surface area is 93.8 Å². The maximum atomic E-state index is 11.6. The maximum absolute atomic E-state index is 11.6. The summed E-state index contributed by atoms with van der Waals surface area (Å²) < 4.78 is 24.8. The number of rotatable bonds is 5. The smallest absolute Gasteiger partial charge is 0.321 e. The molecule has 0 fully saturated rings. The van der Waals surface area contributed by atoms with Gasteiger partial charge in [-0.15, -0.1) is 0 Å². The summed E-state index contributed by atoms with van der Waals surface area (Å²) >= 11 is 0. The minimum absolute atomic E-state index is 0.197. The van der Waals surface area contributed by atoms with Crippen molar-refractivity contribution in [2.45, 2.75) is 25.6 Å². The first-order chi connectivity index (χ1) is 7.34. The molecule has 0 spiro atoms. The molecular weight excluding hydrogens is 232 g/mol. The number of sulfone groups is 1. The minimum atomic E-state index is -3.60. The van der Waals surface area contributed by atoms with Gasteiger partial charge in [0.2, 0.25) is 0 Å². The van der Waals surface area contributed by atoms with Gasteiger partial charge >= 0.3 is 5.97 Å². The van der Waals surface area contributed by atoms with E-state index in [2.05, 4.69) is 4.98 Å². The van der Waals surface area contributed by atoms with Crippen LogP contribution in [-0.2, 0) is 21.2 Å². The van der Waals surface area contributed by atoms with Gasteiger partial charge in [0.15, 0.2) is 15.1 Å². The number of carboxylic acid groups (broad SMARTS) is 1. The van der Waals surface area contributed by atoms with Crippen LogP contribution in [0.4, 0.5) is 0 Å². The Hall–Kier alpha value is -1.37. The number of aliphatic carboxylic acids is 1. The predicted molar refractivity (Wildman–Crippen MR) is 57.8 cm³/mol. The third kappa shape index (κ3) is 2.82. The van der Waals surface area contributed by atoms with Gasteiger partial charge in [-0.25, -0.2) is 13.4 Å². The fraction of sp³-hybridized carbons (Fsp3) is 0.556. The number of aromatic nitrogens is 2. The molecule has 0 amide bonds. The summed E-state index contributed by atoms with van der Waals surface area (Å²) in [6.45, 7) is 3.16. The second-order valence-electron chi connectivity index (χ2n) is 3.52. The predicted octanol–water partition coefficient (Wildman–Crippen LogP) is 0.0794. The van der Waals surface area contributed by atoms with E-state index in [1.54, 1.807) is 23.9 Å². The second-order valence-corrected chi connectivity index (χ2v) is 5.96. The van der Waals surface area contributed by atoms with Gasteiger partial charge in [0, 0.05) is 18.9 Å². The summed E-state index contributed by atoms with van der Waals surface area (Å²) in [7, 11) is -3.60. The van der Waals surface area contributed by atoms with E-state index in [1.165, 1.54) is 6.92 Å². The molecule has 1 aromatic rings. The molecule has 0 saturated carbocycles. The molecule has 0 saturated heterocycles. The zero-order chi connectivity index (χ0) is 12.3. The number of aryl methyl sites for hydroxylation is 2. The molecule has 1 unspecified atom stereocenters. The zero-order valence-corrected chi connectivity index (χ0v) is 9.94. The lowest BCUT2D eigenvalue weighted by atomic mass is 10.5. The van der Waals surface area contributed by atoms with E-state index in [9.17, 15) is 13.2 Å². The van der Waals surface area contributed by atoms with Crippen molar-refractivity contribution in [3.63, 3.8) is 0 Å². The fourth-order valence-corrected chi connectivity index (χ4v) is 2.31. The van der Waals surface area contributed by atoms with Crippen molar-refractivity contribution in [1.82, 2.24) is 9.55 Å². The lowest BCUT2D eigenvalue weighted by Gasteiger charge is -2.09. The van der Waals surface area contributed by atoms with E-state index in [-0.39, 0.29) is 12.3 Å². The lowest BCUT2D eigenvalue weighted by Crippen LogP contribution is -2.30. The van der Waals surface area contributed by atoms with Crippen LogP contribution in [0.3, 0.4) is 0 Å². The molecule has 0 aliphatic rings. The van der Waals surface area contributed by atoms with Crippen LogP contribution in [0.2, 0.25) is 0 Å². The number of imidazole rings is 1. The van der Waals surface area contributed by atoms with Crippen molar-refractivity contribution < 1.29 is 18.3 Å². The van der Waals surface area contributed by atoms with E-state index < -0.39 is 21.1 Å². The van der Waals surface area contributed by atoms with Gasteiger partial charge in [0.25, 0.3) is 0 Å². The van der Waals surface area contributed by atoms with Crippen LogP contribution in [0, 0.1) is 6.92 Å². The van der Waals surface area contributed by atoms with Crippen LogP contribution in [-0.4, -0.2) is 40.0 Å². The molecule has 6 nitrogen and oxygen atoms in total. The average molecular weight is 246 g/mol. The highest BCUT2D eigenvalue weighted by Gasteiger charge is 2.27. The minimum Gasteiger partial charge on any atom is -0.480 e. The Morgan fingerprint density at radius 1 is 1.62 bits per heavy atom. The summed E-state index contributed by atoms with van der Waals surface area (Å²) in [4.78, 5) is 14.5. The maximum Gasteiger partial charge on any atom is 0.321 e. The molecule has 1 heterocycles. The van der Waals surface area contributed by atoms with Gasteiger partial charge in [0.1, 0.15) is 5.82 Å². The van der Waals surface area contributed by atoms with Crippen molar-refractivity contribution in [1.29, 1.82) is 0 Å². The van der Waals surface area contributed by atoms with Crippen LogP contribution in [0.15, 0.2) is 12.4 Å². The zero-order valence-electron chi connectivity index (χ0n) is 9.12. The summed E-state index contributed by atoms with van der Waals surface area (Å²) in [6.07, 6.45) is 3.23. The van der Waals surface area contributed by atoms with Gasteiger partial charge in [-0.05, 0) is 13.8 Å². The molecule has 0 aliphatic heterocycles. The SMILES string of the molecule is Cc1nccn1CCS(=O)(=O)C(C)C(=O)O. The van der Waals surface area contributed by atoms with E-state index >= 15 is 0 Å². The Morgan fingerprint density at radius 3 is 2.69 bits per heavy atom. The van der Waals surface area contributed by atoms with Gasteiger partial charge < -0.3 is 9.67 Å². The van der Waals surface area contributed by atoms with Gasteiger partial charge in [-0.2, -0.15) is 0 Å². The first kappa shape index (κ1) is 12.7. The largest absolute Gasteiger partial charge is 0.480 e. The normalized spacial score (nSPS) is 13.6. The standard InChI is InChI=1S/C9H14N2O4S/c1-7(9(12)13)16(14,15)6-5-11-4-3-10-8(11)2/h3-4,7H,5-6H2,1-2H3,(H,12,13). The topological polar surface area (TPSA) is 89.3 Å². The van der Waals surface area contributed by atoms with Crippen LogP contribution < -0.4 is 0 Å². The Bertz CT molecular complexity index is 477. The molecule has 0 bridgehead atoms. The van der Waals surface area contributed by atoms with Crippen LogP contribution >= 0.6 is 0 Å². The molecule has 1 atom stereocenters. The highest BCUT2D eigenvalue weighted by atomic mass is 32.2. The van der Waals surface area contributed by atoms with E-state index in [1.807, 2.05) is 0 Å². The van der Waals surface area contributed by atoms with Crippen LogP contribution in [0.5, 0.6) is 0 Å². The third-order valence-electron chi connectivity index (χ3n) is 2.43. The van der Waals surface area contributed by atoms with Crippen LogP contribution in [0.25, 0.3) is 0 Å². The summed E-state index contributed by atoms with van der Waals surface area (Å²) in [5, 5.41) is 7.27. The quantitative estimate of drug-likeness (QED) is 0.794. The monoisotopic (exact) mass is 246 g/mol. The van der Waals surface area contributed by atoms with Gasteiger partial charge in [-0.3, -0.25) is 4.79 Å².